The van der Waals surface area contributed by atoms with Crippen molar-refractivity contribution in [1.29, 1.82) is 0 Å². The number of rotatable bonds is 7. The van der Waals surface area contributed by atoms with Crippen molar-refractivity contribution >= 4 is 35.3 Å². The number of anilines is 1. The van der Waals surface area contributed by atoms with Gasteiger partial charge in [0, 0.05) is 16.3 Å². The number of carbonyl (C=O) groups excluding carboxylic acids is 2. The van der Waals surface area contributed by atoms with E-state index in [0.29, 0.717) is 22.0 Å². The Bertz CT molecular complexity index is 839. The lowest BCUT2D eigenvalue weighted by atomic mass is 10.2. The molecular formula is C19H19ClFN3O3. The lowest BCUT2D eigenvalue weighted by Gasteiger charge is -2.12. The van der Waals surface area contributed by atoms with Crippen LogP contribution in [-0.4, -0.2) is 24.1 Å². The van der Waals surface area contributed by atoms with Gasteiger partial charge < -0.3 is 10.1 Å². The Balaban J connectivity index is 1.90. The first-order chi connectivity index (χ1) is 12.8. The zero-order valence-electron chi connectivity index (χ0n) is 14.8. The molecule has 0 radical (unpaired) electrons. The maximum absolute atomic E-state index is 12.8. The molecule has 8 heteroatoms. The second-order valence-corrected chi connectivity index (χ2v) is 6.31. The number of nitrogens with one attached hydrogen (secondary N) is 2. The Kier molecular flexibility index (Phi) is 7.31. The molecule has 0 aliphatic rings. The lowest BCUT2D eigenvalue weighted by molar-refractivity contribution is -0.126. The van der Waals surface area contributed by atoms with E-state index >= 15 is 0 Å². The molecule has 2 amide bonds. The molecule has 2 N–H and O–H groups in total. The molecular weight excluding hydrogens is 373 g/mol. The Hall–Kier alpha value is -2.93. The minimum Gasteiger partial charge on any atom is -0.490 e. The number of nitrogens with zero attached hydrogens (tertiary/aromatic N) is 1. The summed E-state index contributed by atoms with van der Waals surface area (Å²) in [5.41, 5.74) is 3.25. The predicted octanol–water partition coefficient (Wildman–Crippen LogP) is 3.75. The van der Waals surface area contributed by atoms with E-state index in [1.54, 1.807) is 18.2 Å². The molecule has 0 fully saturated rings. The number of benzene rings is 2. The van der Waals surface area contributed by atoms with Crippen molar-refractivity contribution in [3.63, 3.8) is 0 Å². The van der Waals surface area contributed by atoms with Gasteiger partial charge in [-0.1, -0.05) is 11.6 Å². The van der Waals surface area contributed by atoms with Crippen molar-refractivity contribution in [3.8, 4) is 5.75 Å². The molecule has 0 aliphatic carbocycles. The quantitative estimate of drug-likeness (QED) is 0.428. The minimum atomic E-state index is -0.598. The molecule has 0 saturated heterocycles. The number of ether oxygens (including phenoxy) is 1. The zero-order valence-corrected chi connectivity index (χ0v) is 15.6. The van der Waals surface area contributed by atoms with Crippen LogP contribution in [0.3, 0.4) is 0 Å². The molecule has 2 aromatic carbocycles. The van der Waals surface area contributed by atoms with Crippen LogP contribution >= 0.6 is 11.6 Å². The number of amides is 2. The zero-order chi connectivity index (χ0) is 19.8. The summed E-state index contributed by atoms with van der Waals surface area (Å²) in [6, 6.07) is 10.3. The highest BCUT2D eigenvalue weighted by Gasteiger charge is 2.10. The number of hydrogen-bond acceptors (Lipinski definition) is 4. The smallest absolute Gasteiger partial charge is 0.249 e. The van der Waals surface area contributed by atoms with Crippen LogP contribution in [0, 0.1) is 5.82 Å². The maximum atomic E-state index is 12.8. The van der Waals surface area contributed by atoms with Crippen molar-refractivity contribution in [1.82, 2.24) is 5.43 Å². The monoisotopic (exact) mass is 391 g/mol. The van der Waals surface area contributed by atoms with Crippen LogP contribution in [0.4, 0.5) is 10.1 Å². The second-order valence-electron chi connectivity index (χ2n) is 5.87. The average molecular weight is 392 g/mol. The molecule has 0 atom stereocenters. The van der Waals surface area contributed by atoms with E-state index < -0.39 is 24.1 Å². The van der Waals surface area contributed by atoms with E-state index in [1.165, 1.54) is 30.5 Å². The van der Waals surface area contributed by atoms with E-state index in [1.807, 2.05) is 13.8 Å². The summed E-state index contributed by atoms with van der Waals surface area (Å²) in [5.74, 6) is -0.983. The van der Waals surface area contributed by atoms with Crippen LogP contribution < -0.4 is 15.5 Å². The molecule has 0 bridgehead atoms. The van der Waals surface area contributed by atoms with Gasteiger partial charge in [-0.2, -0.15) is 5.10 Å². The van der Waals surface area contributed by atoms with E-state index in [0.717, 1.165) is 0 Å². The summed E-state index contributed by atoms with van der Waals surface area (Å²) in [5, 5.41) is 6.82. The van der Waals surface area contributed by atoms with Crippen LogP contribution in [-0.2, 0) is 9.59 Å². The van der Waals surface area contributed by atoms with Gasteiger partial charge in [0.25, 0.3) is 0 Å². The molecule has 0 unspecified atom stereocenters. The van der Waals surface area contributed by atoms with Crippen LogP contribution in [0.1, 0.15) is 25.8 Å². The van der Waals surface area contributed by atoms with Gasteiger partial charge >= 0.3 is 0 Å². The SMILES string of the molecule is CC(C)Oc1ccc(Cl)cc1C=NNC(=O)CC(=O)Nc1ccc(F)cc1. The van der Waals surface area contributed by atoms with Gasteiger partial charge in [-0.05, 0) is 56.3 Å². The van der Waals surface area contributed by atoms with Gasteiger partial charge in [0.15, 0.2) is 0 Å². The molecule has 142 valence electrons. The third-order valence-electron chi connectivity index (χ3n) is 3.18. The lowest BCUT2D eigenvalue weighted by Crippen LogP contribution is -2.24. The van der Waals surface area contributed by atoms with E-state index in [2.05, 4.69) is 15.8 Å². The van der Waals surface area contributed by atoms with Gasteiger partial charge in [-0.15, -0.1) is 0 Å². The van der Waals surface area contributed by atoms with E-state index in [9.17, 15) is 14.0 Å². The van der Waals surface area contributed by atoms with Crippen molar-refractivity contribution < 1.29 is 18.7 Å². The highest BCUT2D eigenvalue weighted by molar-refractivity contribution is 6.30. The highest BCUT2D eigenvalue weighted by atomic mass is 35.5. The normalized spacial score (nSPS) is 10.9. The topological polar surface area (TPSA) is 79.8 Å². The molecule has 0 aliphatic heterocycles. The van der Waals surface area contributed by atoms with Crippen molar-refractivity contribution in [2.24, 2.45) is 5.10 Å². The number of halogens is 2. The summed E-state index contributed by atoms with van der Waals surface area (Å²) in [4.78, 5) is 23.6. The molecule has 6 nitrogen and oxygen atoms in total. The van der Waals surface area contributed by atoms with E-state index in [4.69, 9.17) is 16.3 Å². The summed E-state index contributed by atoms with van der Waals surface area (Å²) in [6.45, 7) is 3.77. The Labute approximate surface area is 161 Å². The first kappa shape index (κ1) is 20.4. The third kappa shape index (κ3) is 7.07. The fourth-order valence-electron chi connectivity index (χ4n) is 2.08. The molecule has 0 spiro atoms. The van der Waals surface area contributed by atoms with Crippen LogP contribution in [0.25, 0.3) is 0 Å². The molecule has 0 aromatic heterocycles. The van der Waals surface area contributed by atoms with Gasteiger partial charge in [-0.3, -0.25) is 9.59 Å². The number of carbonyl (C=O) groups is 2. The van der Waals surface area contributed by atoms with Crippen LogP contribution in [0.2, 0.25) is 5.02 Å². The van der Waals surface area contributed by atoms with Crippen LogP contribution in [0.5, 0.6) is 5.75 Å². The van der Waals surface area contributed by atoms with Gasteiger partial charge in [0.05, 0.1) is 12.3 Å². The Morgan fingerprint density at radius 2 is 1.89 bits per heavy atom. The van der Waals surface area contributed by atoms with Crippen LogP contribution in [0.15, 0.2) is 47.6 Å². The summed E-state index contributed by atoms with van der Waals surface area (Å²) in [6.07, 6.45) is 0.919. The van der Waals surface area contributed by atoms with Gasteiger partial charge in [0.1, 0.15) is 18.0 Å². The fourth-order valence-corrected chi connectivity index (χ4v) is 2.26. The Morgan fingerprint density at radius 1 is 1.19 bits per heavy atom. The third-order valence-corrected chi connectivity index (χ3v) is 3.41. The van der Waals surface area contributed by atoms with Crippen molar-refractivity contribution in [2.75, 3.05) is 5.32 Å². The molecule has 0 heterocycles. The summed E-state index contributed by atoms with van der Waals surface area (Å²) >= 11 is 5.97. The fraction of sp³-hybridized carbons (Fsp3) is 0.211. The first-order valence-corrected chi connectivity index (χ1v) is 8.55. The molecule has 2 aromatic rings. The molecule has 27 heavy (non-hydrogen) atoms. The van der Waals surface area contributed by atoms with Gasteiger partial charge in [-0.25, -0.2) is 9.82 Å². The predicted molar refractivity (Wildman–Crippen MR) is 103 cm³/mol. The average Bonchev–Trinajstić information content (AvgIpc) is 2.59. The second kappa shape index (κ2) is 9.68. The van der Waals surface area contributed by atoms with Crippen molar-refractivity contribution in [2.45, 2.75) is 26.4 Å². The minimum absolute atomic E-state index is 0.0388. The number of hydrazone groups is 1. The largest absolute Gasteiger partial charge is 0.490 e. The molecule has 2 rings (SSSR count). The number of hydrogen-bond donors (Lipinski definition) is 2. The standard InChI is InChI=1S/C19H19ClFN3O3/c1-12(2)27-17-8-3-14(20)9-13(17)11-22-24-19(26)10-18(25)23-16-6-4-15(21)5-7-16/h3-9,11-12H,10H2,1-2H3,(H,23,25)(H,24,26). The maximum Gasteiger partial charge on any atom is 0.249 e. The summed E-state index contributed by atoms with van der Waals surface area (Å²) < 4.78 is 18.5. The van der Waals surface area contributed by atoms with Crippen molar-refractivity contribution in [3.05, 3.63) is 58.9 Å². The first-order valence-electron chi connectivity index (χ1n) is 8.17. The molecule has 0 saturated carbocycles. The highest BCUT2D eigenvalue weighted by Crippen LogP contribution is 2.22. The summed E-state index contributed by atoms with van der Waals surface area (Å²) in [7, 11) is 0. The van der Waals surface area contributed by atoms with E-state index in [-0.39, 0.29) is 6.10 Å². The Morgan fingerprint density at radius 3 is 2.56 bits per heavy atom. The van der Waals surface area contributed by atoms with Gasteiger partial charge in [0.2, 0.25) is 11.8 Å².